The van der Waals surface area contributed by atoms with E-state index in [4.69, 9.17) is 10.2 Å². The Balaban J connectivity index is 0.00000259. The largest absolute Gasteiger partial charge is 0.417 e. The Kier molecular flexibility index (Phi) is 6.36. The highest BCUT2D eigenvalue weighted by Gasteiger charge is 2.52. The molecule has 1 aromatic heterocycles. The Hall–Kier alpha value is -3.04. The third-order valence-corrected chi connectivity index (χ3v) is 6.67. The van der Waals surface area contributed by atoms with Gasteiger partial charge in [0.25, 0.3) is 0 Å². The number of amides is 2. The fraction of sp³-hybridized carbons (Fsp3) is 0.375. The highest BCUT2D eigenvalue weighted by molar-refractivity contribution is 7.59. The van der Waals surface area contributed by atoms with Crippen molar-refractivity contribution in [3.05, 3.63) is 69.7 Å². The number of carbonyl (C=O) groups excluding carboxylic acids is 2. The molecule has 1 saturated heterocycles. The number of primary amides is 1. The van der Waals surface area contributed by atoms with E-state index in [1.165, 1.54) is 0 Å². The molecule has 2 aromatic carbocycles. The Labute approximate surface area is 198 Å². The lowest BCUT2D eigenvalue weighted by atomic mass is 9.93. The van der Waals surface area contributed by atoms with Gasteiger partial charge in [-0.05, 0) is 74.2 Å². The number of aromatic amines is 1. The second-order valence-electron chi connectivity index (χ2n) is 8.83. The van der Waals surface area contributed by atoms with Crippen LogP contribution in [0.5, 0.6) is 0 Å². The average Bonchev–Trinajstić information content (AvgIpc) is 3.27. The number of rotatable bonds is 7. The maximum absolute atomic E-state index is 13.5. The number of aromatic nitrogens is 1. The summed E-state index contributed by atoms with van der Waals surface area (Å²) < 4.78 is 5.09. The minimum absolute atomic E-state index is 0. The van der Waals surface area contributed by atoms with Crippen molar-refractivity contribution in [3.63, 3.8) is 0 Å². The number of carbonyl (C=O) groups is 2. The molecule has 2 heterocycles. The van der Waals surface area contributed by atoms with Crippen LogP contribution in [0, 0.1) is 0 Å². The van der Waals surface area contributed by atoms with E-state index in [1.807, 2.05) is 18.2 Å². The molecule has 1 saturated carbocycles. The van der Waals surface area contributed by atoms with Gasteiger partial charge in [-0.15, -0.1) is 0 Å². The number of H-pyrrole nitrogens is 1. The van der Waals surface area contributed by atoms with Crippen LogP contribution < -0.4 is 16.8 Å². The minimum atomic E-state index is -0.618. The van der Waals surface area contributed by atoms with Crippen LogP contribution in [-0.2, 0) is 10.2 Å². The van der Waals surface area contributed by atoms with Crippen molar-refractivity contribution in [2.45, 2.75) is 37.1 Å². The molecule has 174 valence electrons. The molecule has 2 aliphatic rings. The summed E-state index contributed by atoms with van der Waals surface area (Å²) in [5, 5.41) is 3.25. The SMILES string of the molecule is NC(=O)c1cccc([C@@H](CN2CCCC2)NC(=O)C2(c3ccc4oc(=O)[nH]c4c3)CC2)c1.S. The molecule has 8 nitrogen and oxygen atoms in total. The molecule has 5 rings (SSSR count). The van der Waals surface area contributed by atoms with Crippen LogP contribution in [0.1, 0.15) is 53.2 Å². The summed E-state index contributed by atoms with van der Waals surface area (Å²) in [5.41, 5.74) is 8.09. The van der Waals surface area contributed by atoms with Gasteiger partial charge in [0.1, 0.15) is 0 Å². The Bertz CT molecular complexity index is 1240. The van der Waals surface area contributed by atoms with Crippen molar-refractivity contribution in [1.29, 1.82) is 0 Å². The molecule has 1 atom stereocenters. The zero-order chi connectivity index (χ0) is 22.3. The third kappa shape index (κ3) is 4.56. The van der Waals surface area contributed by atoms with Gasteiger partial charge in [0, 0.05) is 12.1 Å². The van der Waals surface area contributed by atoms with E-state index in [0.29, 0.717) is 23.2 Å². The van der Waals surface area contributed by atoms with E-state index in [0.717, 1.165) is 49.9 Å². The first-order valence-electron chi connectivity index (χ1n) is 11.0. The number of nitrogens with two attached hydrogens (primary N) is 1. The monoisotopic (exact) mass is 468 g/mol. The van der Waals surface area contributed by atoms with Crippen LogP contribution >= 0.6 is 13.5 Å². The summed E-state index contributed by atoms with van der Waals surface area (Å²) in [4.78, 5) is 41.7. The first kappa shape index (κ1) is 23.1. The molecule has 0 radical (unpaired) electrons. The second kappa shape index (κ2) is 9.07. The Morgan fingerprint density at radius 3 is 2.61 bits per heavy atom. The van der Waals surface area contributed by atoms with Crippen LogP contribution in [0.15, 0.2) is 51.7 Å². The lowest BCUT2D eigenvalue weighted by molar-refractivity contribution is -0.124. The normalized spacial score (nSPS) is 17.9. The Morgan fingerprint density at radius 1 is 1.15 bits per heavy atom. The quantitative estimate of drug-likeness (QED) is 0.491. The number of likely N-dealkylation sites (tertiary alicyclic amines) is 1. The van der Waals surface area contributed by atoms with Crippen LogP contribution in [0.25, 0.3) is 11.1 Å². The van der Waals surface area contributed by atoms with Gasteiger partial charge in [0.05, 0.1) is 17.0 Å². The molecule has 2 amide bonds. The van der Waals surface area contributed by atoms with Gasteiger partial charge in [-0.3, -0.25) is 14.6 Å². The van der Waals surface area contributed by atoms with Crippen molar-refractivity contribution >= 4 is 36.4 Å². The summed E-state index contributed by atoms with van der Waals surface area (Å²) in [6.45, 7) is 2.67. The van der Waals surface area contributed by atoms with Crippen LogP contribution in [-0.4, -0.2) is 41.3 Å². The molecule has 0 unspecified atom stereocenters. The second-order valence-corrected chi connectivity index (χ2v) is 8.83. The zero-order valence-electron chi connectivity index (χ0n) is 18.2. The summed E-state index contributed by atoms with van der Waals surface area (Å²) in [6, 6.07) is 12.3. The molecule has 2 fully saturated rings. The van der Waals surface area contributed by atoms with E-state index < -0.39 is 17.1 Å². The van der Waals surface area contributed by atoms with Gasteiger partial charge in [0.2, 0.25) is 11.8 Å². The van der Waals surface area contributed by atoms with Crippen LogP contribution in [0.3, 0.4) is 0 Å². The average molecular weight is 469 g/mol. The number of fused-ring (bicyclic) bond motifs is 1. The Morgan fingerprint density at radius 2 is 1.91 bits per heavy atom. The lowest BCUT2D eigenvalue weighted by Crippen LogP contribution is -2.42. The highest BCUT2D eigenvalue weighted by Crippen LogP contribution is 2.49. The van der Waals surface area contributed by atoms with Crippen LogP contribution in [0.2, 0.25) is 0 Å². The molecule has 0 bridgehead atoms. The number of hydrogen-bond acceptors (Lipinski definition) is 5. The van der Waals surface area contributed by atoms with Gasteiger partial charge in [0.15, 0.2) is 5.58 Å². The number of oxazole rings is 1. The molecule has 4 N–H and O–H groups in total. The fourth-order valence-corrected chi connectivity index (χ4v) is 4.68. The van der Waals surface area contributed by atoms with Crippen molar-refractivity contribution in [1.82, 2.24) is 15.2 Å². The lowest BCUT2D eigenvalue weighted by Gasteiger charge is -2.27. The molecule has 3 aromatic rings. The predicted octanol–water partition coefficient (Wildman–Crippen LogP) is 2.32. The first-order chi connectivity index (χ1) is 15.4. The van der Waals surface area contributed by atoms with E-state index in [-0.39, 0.29) is 25.4 Å². The van der Waals surface area contributed by atoms with Gasteiger partial charge in [-0.2, -0.15) is 13.5 Å². The van der Waals surface area contributed by atoms with Crippen molar-refractivity contribution < 1.29 is 14.0 Å². The van der Waals surface area contributed by atoms with E-state index in [2.05, 4.69) is 15.2 Å². The molecular weight excluding hydrogens is 440 g/mol. The molecule has 1 aliphatic carbocycles. The molecule has 1 aliphatic heterocycles. The predicted molar refractivity (Wildman–Crippen MR) is 130 cm³/mol. The smallest absolute Gasteiger partial charge is 0.408 e. The van der Waals surface area contributed by atoms with E-state index in [1.54, 1.807) is 24.3 Å². The summed E-state index contributed by atoms with van der Waals surface area (Å²) in [7, 11) is 0. The molecule has 9 heteroatoms. The van der Waals surface area contributed by atoms with Crippen molar-refractivity contribution in [2.75, 3.05) is 19.6 Å². The van der Waals surface area contributed by atoms with Gasteiger partial charge in [-0.25, -0.2) is 4.79 Å². The highest BCUT2D eigenvalue weighted by atomic mass is 32.1. The molecule has 0 spiro atoms. The minimum Gasteiger partial charge on any atom is -0.408 e. The standard InChI is InChI=1S/C24H26N4O4.H2S/c25-21(29)16-5-3-4-15(12-16)19(14-28-10-1-2-11-28)26-22(30)24(8-9-24)17-6-7-20-18(13-17)27-23(31)32-20;/h3-7,12-13,19H,1-2,8-11,14H2,(H2,25,29)(H,26,30)(H,27,31);1H2/t19-;/m1./s1. The molecule has 33 heavy (non-hydrogen) atoms. The fourth-order valence-electron chi connectivity index (χ4n) is 4.68. The van der Waals surface area contributed by atoms with E-state index in [9.17, 15) is 14.4 Å². The van der Waals surface area contributed by atoms with Gasteiger partial charge < -0.3 is 20.4 Å². The first-order valence-corrected chi connectivity index (χ1v) is 11.0. The molecular formula is C24H28N4O4S. The van der Waals surface area contributed by atoms with E-state index >= 15 is 0 Å². The van der Waals surface area contributed by atoms with Gasteiger partial charge in [-0.1, -0.05) is 18.2 Å². The number of nitrogens with zero attached hydrogens (tertiary/aromatic N) is 1. The number of hydrogen-bond donors (Lipinski definition) is 3. The maximum atomic E-state index is 13.5. The maximum Gasteiger partial charge on any atom is 0.417 e. The third-order valence-electron chi connectivity index (χ3n) is 6.67. The van der Waals surface area contributed by atoms with Crippen LogP contribution in [0.4, 0.5) is 0 Å². The summed E-state index contributed by atoms with van der Waals surface area (Å²) in [5.74, 6) is -1.04. The summed E-state index contributed by atoms with van der Waals surface area (Å²) in [6.07, 6.45) is 3.78. The van der Waals surface area contributed by atoms with Crippen molar-refractivity contribution in [3.8, 4) is 0 Å². The van der Waals surface area contributed by atoms with Crippen molar-refractivity contribution in [2.24, 2.45) is 5.73 Å². The summed E-state index contributed by atoms with van der Waals surface area (Å²) >= 11 is 0. The number of benzene rings is 2. The zero-order valence-corrected chi connectivity index (χ0v) is 19.2. The number of nitrogens with one attached hydrogen (secondary N) is 2. The van der Waals surface area contributed by atoms with Gasteiger partial charge >= 0.3 is 5.76 Å². The topological polar surface area (TPSA) is 121 Å².